The summed E-state index contributed by atoms with van der Waals surface area (Å²) in [6.07, 6.45) is 9.00. The highest BCUT2D eigenvalue weighted by Gasteiger charge is 2.08. The maximum absolute atomic E-state index is 8.52. The van der Waals surface area contributed by atoms with Crippen LogP contribution in [0.1, 0.15) is 32.1 Å². The summed E-state index contributed by atoms with van der Waals surface area (Å²) in [5.41, 5.74) is 0. The molecule has 1 unspecified atom stereocenters. The highest BCUT2D eigenvalue weighted by molar-refractivity contribution is 5.30. The molecule has 0 radical (unpaired) electrons. The SMILES string of the molecule is OCCCC#CC#CC=CC1CCCCO1. The fraction of sp³-hybridized carbons (Fsp3) is 0.571. The maximum atomic E-state index is 8.52. The zero-order valence-corrected chi connectivity index (χ0v) is 9.54. The van der Waals surface area contributed by atoms with Crippen molar-refractivity contribution in [2.24, 2.45) is 0 Å². The van der Waals surface area contributed by atoms with Gasteiger partial charge in [-0.2, -0.15) is 0 Å². The second-order valence-electron chi connectivity index (χ2n) is 3.66. The summed E-state index contributed by atoms with van der Waals surface area (Å²) >= 11 is 0. The minimum absolute atomic E-state index is 0.195. The molecule has 1 aliphatic rings. The number of rotatable bonds is 3. The minimum Gasteiger partial charge on any atom is -0.396 e. The van der Waals surface area contributed by atoms with Crippen LogP contribution in [0.15, 0.2) is 12.2 Å². The van der Waals surface area contributed by atoms with Gasteiger partial charge in [0.05, 0.1) is 6.10 Å². The van der Waals surface area contributed by atoms with Gasteiger partial charge in [0, 0.05) is 19.6 Å². The smallest absolute Gasteiger partial charge is 0.0764 e. The summed E-state index contributed by atoms with van der Waals surface area (Å²) in [5, 5.41) is 8.52. The number of aliphatic hydroxyl groups excluding tert-OH is 1. The number of aliphatic hydroxyl groups is 1. The molecule has 2 nitrogen and oxygen atoms in total. The van der Waals surface area contributed by atoms with Gasteiger partial charge in [-0.1, -0.05) is 11.8 Å². The standard InChI is InChI=1S/C14H18O2/c15-12-8-5-3-1-2-4-6-10-14-11-7-9-13-16-14/h6,10,14-15H,5,7-9,11-13H2. The molecule has 16 heavy (non-hydrogen) atoms. The third-order valence-electron chi connectivity index (χ3n) is 2.29. The molecule has 0 aliphatic carbocycles. The van der Waals surface area contributed by atoms with Gasteiger partial charge < -0.3 is 9.84 Å². The topological polar surface area (TPSA) is 29.5 Å². The summed E-state index contributed by atoms with van der Waals surface area (Å²) in [5.74, 6) is 11.2. The average molecular weight is 218 g/mol. The van der Waals surface area contributed by atoms with Crippen molar-refractivity contribution in [2.75, 3.05) is 13.2 Å². The van der Waals surface area contributed by atoms with Gasteiger partial charge in [-0.3, -0.25) is 0 Å². The first-order chi connectivity index (χ1) is 7.93. The van der Waals surface area contributed by atoms with E-state index >= 15 is 0 Å². The van der Waals surface area contributed by atoms with Gasteiger partial charge >= 0.3 is 0 Å². The molecule has 0 aromatic heterocycles. The van der Waals surface area contributed by atoms with Gasteiger partial charge in [0.1, 0.15) is 0 Å². The Hall–Kier alpha value is -1.22. The molecule has 0 bridgehead atoms. The maximum Gasteiger partial charge on any atom is 0.0764 e. The van der Waals surface area contributed by atoms with E-state index in [1.807, 2.05) is 12.2 Å². The zero-order chi connectivity index (χ0) is 11.5. The molecule has 0 amide bonds. The van der Waals surface area contributed by atoms with Crippen LogP contribution in [-0.4, -0.2) is 24.4 Å². The number of hydrogen-bond acceptors (Lipinski definition) is 2. The van der Waals surface area contributed by atoms with E-state index < -0.39 is 0 Å². The molecule has 0 saturated carbocycles. The van der Waals surface area contributed by atoms with Crippen LogP contribution in [0.3, 0.4) is 0 Å². The summed E-state index contributed by atoms with van der Waals surface area (Å²) < 4.78 is 5.52. The lowest BCUT2D eigenvalue weighted by Crippen LogP contribution is -2.15. The first kappa shape index (κ1) is 12.8. The highest BCUT2D eigenvalue weighted by Crippen LogP contribution is 2.12. The van der Waals surface area contributed by atoms with Gasteiger partial charge in [-0.25, -0.2) is 0 Å². The number of unbranched alkanes of at least 4 members (excludes halogenated alkanes) is 1. The molecule has 1 heterocycles. The molecule has 1 rings (SSSR count). The Morgan fingerprint density at radius 3 is 3.00 bits per heavy atom. The second kappa shape index (κ2) is 9.04. The van der Waals surface area contributed by atoms with Crippen LogP contribution in [0.5, 0.6) is 0 Å². The van der Waals surface area contributed by atoms with Crippen LogP contribution in [0.25, 0.3) is 0 Å². The largest absolute Gasteiger partial charge is 0.396 e. The lowest BCUT2D eigenvalue weighted by atomic mass is 10.1. The Bertz CT molecular complexity index is 316. The van der Waals surface area contributed by atoms with E-state index in [-0.39, 0.29) is 12.7 Å². The lowest BCUT2D eigenvalue weighted by molar-refractivity contribution is 0.0466. The van der Waals surface area contributed by atoms with E-state index in [9.17, 15) is 0 Å². The van der Waals surface area contributed by atoms with Crippen molar-refractivity contribution >= 4 is 0 Å². The van der Waals surface area contributed by atoms with Crippen molar-refractivity contribution in [3.63, 3.8) is 0 Å². The predicted octanol–water partition coefficient (Wildman–Crippen LogP) is 1.89. The molecule has 0 aromatic carbocycles. The molecular weight excluding hydrogens is 200 g/mol. The predicted molar refractivity (Wildman–Crippen MR) is 64.6 cm³/mol. The van der Waals surface area contributed by atoms with Crippen molar-refractivity contribution < 1.29 is 9.84 Å². The molecule has 1 saturated heterocycles. The fourth-order valence-corrected chi connectivity index (χ4v) is 1.42. The second-order valence-corrected chi connectivity index (χ2v) is 3.66. The normalized spacial score (nSPS) is 19.7. The number of allylic oxidation sites excluding steroid dienone is 1. The monoisotopic (exact) mass is 218 g/mol. The van der Waals surface area contributed by atoms with Crippen LogP contribution in [0.4, 0.5) is 0 Å². The summed E-state index contributed by atoms with van der Waals surface area (Å²) in [7, 11) is 0. The average Bonchev–Trinajstić information content (AvgIpc) is 2.34. The van der Waals surface area contributed by atoms with Crippen molar-refractivity contribution in [1.82, 2.24) is 0 Å². The zero-order valence-electron chi connectivity index (χ0n) is 9.54. The van der Waals surface area contributed by atoms with Crippen LogP contribution < -0.4 is 0 Å². The van der Waals surface area contributed by atoms with E-state index in [1.54, 1.807) is 0 Å². The number of hydrogen-bond donors (Lipinski definition) is 1. The summed E-state index contributed by atoms with van der Waals surface area (Å²) in [6.45, 7) is 1.06. The molecule has 1 fully saturated rings. The Morgan fingerprint density at radius 2 is 2.25 bits per heavy atom. The van der Waals surface area contributed by atoms with E-state index in [4.69, 9.17) is 9.84 Å². The van der Waals surface area contributed by atoms with Gasteiger partial charge in [0.25, 0.3) is 0 Å². The van der Waals surface area contributed by atoms with E-state index in [2.05, 4.69) is 23.7 Å². The highest BCUT2D eigenvalue weighted by atomic mass is 16.5. The Kier molecular flexibility index (Phi) is 7.26. The third-order valence-corrected chi connectivity index (χ3v) is 2.29. The van der Waals surface area contributed by atoms with Crippen molar-refractivity contribution in [3.8, 4) is 23.7 Å². The minimum atomic E-state index is 0.195. The van der Waals surface area contributed by atoms with Gasteiger partial charge in [-0.15, -0.1) is 0 Å². The van der Waals surface area contributed by atoms with Crippen molar-refractivity contribution in [2.45, 2.75) is 38.2 Å². The molecule has 1 atom stereocenters. The van der Waals surface area contributed by atoms with E-state index in [0.29, 0.717) is 6.42 Å². The van der Waals surface area contributed by atoms with E-state index in [0.717, 1.165) is 19.4 Å². The molecule has 2 heteroatoms. The molecule has 1 aliphatic heterocycles. The van der Waals surface area contributed by atoms with Gasteiger partial charge in [0.2, 0.25) is 0 Å². The lowest BCUT2D eigenvalue weighted by Gasteiger charge is -2.18. The molecule has 1 N–H and O–H groups in total. The van der Waals surface area contributed by atoms with E-state index in [1.165, 1.54) is 12.8 Å². The Labute approximate surface area is 97.7 Å². The number of ether oxygens (including phenoxy) is 1. The molecule has 0 spiro atoms. The van der Waals surface area contributed by atoms with Gasteiger partial charge in [0.15, 0.2) is 0 Å². The van der Waals surface area contributed by atoms with Crippen LogP contribution >= 0.6 is 0 Å². The van der Waals surface area contributed by atoms with Crippen molar-refractivity contribution in [3.05, 3.63) is 12.2 Å². The third kappa shape index (κ3) is 6.30. The molecule has 86 valence electrons. The quantitative estimate of drug-likeness (QED) is 0.579. The van der Waals surface area contributed by atoms with Gasteiger partial charge in [-0.05, 0) is 49.7 Å². The van der Waals surface area contributed by atoms with Crippen molar-refractivity contribution in [1.29, 1.82) is 0 Å². The first-order valence-electron chi connectivity index (χ1n) is 5.81. The van der Waals surface area contributed by atoms with Crippen LogP contribution in [-0.2, 0) is 4.74 Å². The first-order valence-corrected chi connectivity index (χ1v) is 5.81. The summed E-state index contributed by atoms with van der Waals surface area (Å²) in [4.78, 5) is 0. The molecule has 0 aromatic rings. The Balaban J connectivity index is 2.18. The fourth-order valence-electron chi connectivity index (χ4n) is 1.42. The molecular formula is C14H18O2. The van der Waals surface area contributed by atoms with Crippen LogP contribution in [0, 0.1) is 23.7 Å². The van der Waals surface area contributed by atoms with Crippen LogP contribution in [0.2, 0.25) is 0 Å². The summed E-state index contributed by atoms with van der Waals surface area (Å²) in [6, 6.07) is 0. The Morgan fingerprint density at radius 1 is 1.31 bits per heavy atom.